The predicted octanol–water partition coefficient (Wildman–Crippen LogP) is 3.92. The lowest BCUT2D eigenvalue weighted by Gasteiger charge is -2.29. The van der Waals surface area contributed by atoms with Gasteiger partial charge in [0.1, 0.15) is 21.7 Å². The molecule has 0 amide bonds. The molecule has 2 aromatic carbocycles. The Bertz CT molecular complexity index is 787. The van der Waals surface area contributed by atoms with Gasteiger partial charge in [-0.15, -0.1) is 0 Å². The van der Waals surface area contributed by atoms with Crippen molar-refractivity contribution in [3.63, 3.8) is 0 Å². The Morgan fingerprint density at radius 3 is 2.38 bits per heavy atom. The zero-order chi connectivity index (χ0) is 17.3. The second-order valence-corrected chi connectivity index (χ2v) is 6.10. The second kappa shape index (κ2) is 6.73. The summed E-state index contributed by atoms with van der Waals surface area (Å²) in [5.74, 6) is 1.76. The molecule has 0 radical (unpaired) electrons. The van der Waals surface area contributed by atoms with Crippen molar-refractivity contribution in [1.82, 2.24) is 0 Å². The van der Waals surface area contributed by atoms with Crippen LogP contribution in [-0.2, 0) is 4.79 Å². The van der Waals surface area contributed by atoms with Gasteiger partial charge in [0, 0.05) is 23.1 Å². The lowest BCUT2D eigenvalue weighted by Crippen LogP contribution is -2.22. The van der Waals surface area contributed by atoms with Crippen molar-refractivity contribution in [2.75, 3.05) is 21.3 Å². The number of hydrogen-bond acceptors (Lipinski definition) is 5. The number of methoxy groups -OCH3 is 3. The van der Waals surface area contributed by atoms with Gasteiger partial charge in [-0.1, -0.05) is 18.2 Å². The Hall–Kier alpha value is -2.21. The number of hydrogen-bond donors (Lipinski definition) is 0. The van der Waals surface area contributed by atoms with Crippen LogP contribution in [0, 0.1) is 0 Å². The van der Waals surface area contributed by atoms with E-state index >= 15 is 0 Å². The minimum atomic E-state index is -0.311. The van der Waals surface area contributed by atoms with E-state index in [1.54, 1.807) is 27.4 Å². The number of rotatable bonds is 4. The highest BCUT2D eigenvalue weighted by molar-refractivity contribution is 9.10. The van der Waals surface area contributed by atoms with Crippen LogP contribution in [0.3, 0.4) is 0 Å². The van der Waals surface area contributed by atoms with Crippen molar-refractivity contribution in [3.05, 3.63) is 45.9 Å². The van der Waals surface area contributed by atoms with E-state index in [1.807, 2.05) is 24.3 Å². The van der Waals surface area contributed by atoms with Crippen LogP contribution >= 0.6 is 15.9 Å². The van der Waals surface area contributed by atoms with Crippen molar-refractivity contribution in [2.24, 2.45) is 0 Å². The predicted molar refractivity (Wildman–Crippen MR) is 92.3 cm³/mol. The quantitative estimate of drug-likeness (QED) is 0.582. The third-order valence-electron chi connectivity index (χ3n) is 4.08. The molecule has 126 valence electrons. The number of fused-ring (bicyclic) bond motifs is 1. The molecule has 1 heterocycles. The molecular weight excluding hydrogens is 376 g/mol. The third-order valence-corrected chi connectivity index (χ3v) is 4.83. The maximum Gasteiger partial charge on any atom is 0.312 e. The normalized spacial score (nSPS) is 16.2. The van der Waals surface area contributed by atoms with E-state index in [1.165, 1.54) is 0 Å². The number of carbonyl (C=O) groups is 1. The smallest absolute Gasteiger partial charge is 0.312 e. The maximum atomic E-state index is 12.2. The van der Waals surface area contributed by atoms with Gasteiger partial charge in [-0.2, -0.15) is 0 Å². The van der Waals surface area contributed by atoms with Crippen LogP contribution in [0.25, 0.3) is 0 Å². The Morgan fingerprint density at radius 1 is 1.04 bits per heavy atom. The molecule has 1 aliphatic rings. The standard InChI is InChI=1S/C18H17BrO5/c1-21-12-7-5-4-6-10(12)11-8-15(20)24-18-16(11)13(22-2)9-14(23-3)17(18)19/h4-7,9,11H,8H2,1-3H3/t11-/m1/s1. The van der Waals surface area contributed by atoms with Crippen LogP contribution in [0.15, 0.2) is 34.8 Å². The first-order valence-corrected chi connectivity index (χ1v) is 8.18. The highest BCUT2D eigenvalue weighted by atomic mass is 79.9. The molecule has 0 bridgehead atoms. The van der Waals surface area contributed by atoms with Gasteiger partial charge in [0.2, 0.25) is 0 Å². The molecule has 0 spiro atoms. The molecule has 0 aromatic heterocycles. The molecule has 0 aliphatic carbocycles. The van der Waals surface area contributed by atoms with E-state index in [-0.39, 0.29) is 18.3 Å². The van der Waals surface area contributed by atoms with Crippen LogP contribution < -0.4 is 18.9 Å². The van der Waals surface area contributed by atoms with Gasteiger partial charge in [-0.25, -0.2) is 0 Å². The van der Waals surface area contributed by atoms with Gasteiger partial charge in [-0.05, 0) is 22.0 Å². The zero-order valence-electron chi connectivity index (χ0n) is 13.6. The molecule has 5 nitrogen and oxygen atoms in total. The summed E-state index contributed by atoms with van der Waals surface area (Å²) in [4.78, 5) is 12.2. The minimum Gasteiger partial charge on any atom is -0.496 e. The molecule has 0 saturated heterocycles. The summed E-state index contributed by atoms with van der Waals surface area (Å²) in [5, 5.41) is 0. The van der Waals surface area contributed by atoms with Crippen molar-refractivity contribution < 1.29 is 23.7 Å². The Labute approximate surface area is 148 Å². The van der Waals surface area contributed by atoms with E-state index in [9.17, 15) is 4.79 Å². The largest absolute Gasteiger partial charge is 0.496 e. The highest BCUT2D eigenvalue weighted by Crippen LogP contribution is 2.52. The summed E-state index contributed by atoms with van der Waals surface area (Å²) >= 11 is 3.46. The molecule has 0 N–H and O–H groups in total. The molecule has 6 heteroatoms. The van der Waals surface area contributed by atoms with E-state index in [0.717, 1.165) is 16.9 Å². The molecule has 2 aromatic rings. The van der Waals surface area contributed by atoms with Gasteiger partial charge < -0.3 is 18.9 Å². The van der Waals surface area contributed by atoms with E-state index in [2.05, 4.69) is 15.9 Å². The number of benzene rings is 2. The summed E-state index contributed by atoms with van der Waals surface area (Å²) in [5.41, 5.74) is 1.71. The molecule has 24 heavy (non-hydrogen) atoms. The van der Waals surface area contributed by atoms with Crippen LogP contribution in [0.2, 0.25) is 0 Å². The summed E-state index contributed by atoms with van der Waals surface area (Å²) in [7, 11) is 4.75. The number of esters is 1. The number of halogens is 1. The summed E-state index contributed by atoms with van der Waals surface area (Å²) < 4.78 is 22.4. The average Bonchev–Trinajstić information content (AvgIpc) is 2.61. The Morgan fingerprint density at radius 2 is 1.71 bits per heavy atom. The molecule has 1 aliphatic heterocycles. The summed E-state index contributed by atoms with van der Waals surface area (Å²) in [6.45, 7) is 0. The lowest BCUT2D eigenvalue weighted by molar-refractivity contribution is -0.135. The monoisotopic (exact) mass is 392 g/mol. The van der Waals surface area contributed by atoms with Gasteiger partial charge in [0.15, 0.2) is 5.75 Å². The van der Waals surface area contributed by atoms with Crippen molar-refractivity contribution in [2.45, 2.75) is 12.3 Å². The van der Waals surface area contributed by atoms with Crippen molar-refractivity contribution in [3.8, 4) is 23.0 Å². The summed E-state index contributed by atoms with van der Waals surface area (Å²) in [6, 6.07) is 9.42. The van der Waals surface area contributed by atoms with E-state index in [4.69, 9.17) is 18.9 Å². The molecule has 1 atom stereocenters. The lowest BCUT2D eigenvalue weighted by atomic mass is 9.85. The SMILES string of the molecule is COc1ccccc1[C@H]1CC(=O)Oc2c(Br)c(OC)cc(OC)c21. The topological polar surface area (TPSA) is 54.0 Å². The fraction of sp³-hybridized carbons (Fsp3) is 0.278. The van der Waals surface area contributed by atoms with Crippen LogP contribution in [0.1, 0.15) is 23.5 Å². The molecule has 0 fully saturated rings. The highest BCUT2D eigenvalue weighted by Gasteiger charge is 2.35. The molecule has 3 rings (SSSR count). The summed E-state index contributed by atoms with van der Waals surface area (Å²) in [6.07, 6.45) is 0.211. The molecule has 0 saturated carbocycles. The number of carbonyl (C=O) groups excluding carboxylic acids is 1. The average molecular weight is 393 g/mol. The van der Waals surface area contributed by atoms with Crippen molar-refractivity contribution >= 4 is 21.9 Å². The van der Waals surface area contributed by atoms with Gasteiger partial charge in [0.05, 0.1) is 27.8 Å². The van der Waals surface area contributed by atoms with Crippen molar-refractivity contribution in [1.29, 1.82) is 0 Å². The second-order valence-electron chi connectivity index (χ2n) is 5.31. The van der Waals surface area contributed by atoms with Crippen LogP contribution in [0.5, 0.6) is 23.0 Å². The Kier molecular flexibility index (Phi) is 4.66. The number of ether oxygens (including phenoxy) is 4. The van der Waals surface area contributed by atoms with E-state index < -0.39 is 0 Å². The third kappa shape index (κ3) is 2.71. The fourth-order valence-electron chi connectivity index (χ4n) is 2.99. The zero-order valence-corrected chi connectivity index (χ0v) is 15.2. The van der Waals surface area contributed by atoms with Gasteiger partial charge in [-0.3, -0.25) is 4.79 Å². The minimum absolute atomic E-state index is 0.211. The van der Waals surface area contributed by atoms with Crippen LogP contribution in [-0.4, -0.2) is 27.3 Å². The molecule has 0 unspecified atom stereocenters. The fourth-order valence-corrected chi connectivity index (χ4v) is 3.56. The maximum absolute atomic E-state index is 12.2. The van der Waals surface area contributed by atoms with Gasteiger partial charge >= 0.3 is 5.97 Å². The number of para-hydroxylation sites is 1. The van der Waals surface area contributed by atoms with Crippen LogP contribution in [0.4, 0.5) is 0 Å². The first-order valence-electron chi connectivity index (χ1n) is 7.38. The Balaban J connectivity index is 2.26. The first kappa shape index (κ1) is 16.6. The van der Waals surface area contributed by atoms with E-state index in [0.29, 0.717) is 21.7 Å². The first-order chi connectivity index (χ1) is 11.6. The van der Waals surface area contributed by atoms with Gasteiger partial charge in [0.25, 0.3) is 0 Å². The molecular formula is C18H17BrO5.